The van der Waals surface area contributed by atoms with Crippen molar-refractivity contribution < 1.29 is 9.53 Å². The normalized spacial score (nSPS) is 27.1. The van der Waals surface area contributed by atoms with E-state index in [9.17, 15) is 4.79 Å². The highest BCUT2D eigenvalue weighted by Gasteiger charge is 2.36. The molecule has 0 saturated carbocycles. The lowest BCUT2D eigenvalue weighted by Gasteiger charge is -2.36. The van der Waals surface area contributed by atoms with Gasteiger partial charge in [0.2, 0.25) is 0 Å². The average molecular weight is 274 g/mol. The molecule has 2 saturated heterocycles. The number of carbonyl (C=O) groups excluding carboxylic acids is 1. The number of rotatable bonds is 3. The van der Waals surface area contributed by atoms with Crippen LogP contribution in [0.25, 0.3) is 0 Å². The van der Waals surface area contributed by atoms with Crippen molar-refractivity contribution in [3.63, 3.8) is 0 Å². The van der Waals surface area contributed by atoms with Gasteiger partial charge in [-0.25, -0.2) is 0 Å². The molecular formula is C16H22N2O2. The van der Waals surface area contributed by atoms with E-state index in [0.717, 1.165) is 44.1 Å². The Morgan fingerprint density at radius 2 is 2.05 bits per heavy atom. The Kier molecular flexibility index (Phi) is 4.03. The van der Waals surface area contributed by atoms with Crippen molar-refractivity contribution in [1.82, 2.24) is 10.2 Å². The van der Waals surface area contributed by atoms with Crippen molar-refractivity contribution in [2.75, 3.05) is 33.3 Å². The van der Waals surface area contributed by atoms with Gasteiger partial charge in [0, 0.05) is 20.2 Å². The molecule has 4 nitrogen and oxygen atoms in total. The molecule has 2 aliphatic rings. The summed E-state index contributed by atoms with van der Waals surface area (Å²) in [5.41, 5.74) is 0.937. The summed E-state index contributed by atoms with van der Waals surface area (Å²) in [6.07, 6.45) is 0.636. The Labute approximate surface area is 120 Å². The Hall–Kier alpha value is -1.39. The molecule has 2 aliphatic heterocycles. The Balaban J connectivity index is 1.71. The number of nitrogens with one attached hydrogen (secondary N) is 1. The molecule has 3 atom stereocenters. The Morgan fingerprint density at radius 3 is 2.80 bits per heavy atom. The molecule has 1 aromatic rings. The first-order valence-electron chi connectivity index (χ1n) is 7.37. The van der Waals surface area contributed by atoms with Crippen LogP contribution in [-0.4, -0.2) is 44.1 Å². The lowest BCUT2D eigenvalue weighted by molar-refractivity contribution is -0.144. The number of benzene rings is 1. The van der Waals surface area contributed by atoms with E-state index in [0.29, 0.717) is 5.92 Å². The SMILES string of the molecule is COC(C(=O)N1CCC2CNCC2C1)c1ccccc1. The topological polar surface area (TPSA) is 41.6 Å². The molecule has 1 amide bonds. The quantitative estimate of drug-likeness (QED) is 0.907. The molecule has 3 unspecified atom stereocenters. The van der Waals surface area contributed by atoms with Crippen molar-refractivity contribution in [3.05, 3.63) is 35.9 Å². The molecule has 0 aromatic heterocycles. The predicted octanol–water partition coefficient (Wildman–Crippen LogP) is 1.44. The number of piperidine rings is 1. The Morgan fingerprint density at radius 1 is 1.30 bits per heavy atom. The van der Waals surface area contributed by atoms with Crippen LogP contribution < -0.4 is 5.32 Å². The van der Waals surface area contributed by atoms with Crippen LogP contribution in [0.15, 0.2) is 30.3 Å². The number of hydrogen-bond acceptors (Lipinski definition) is 3. The summed E-state index contributed by atoms with van der Waals surface area (Å²) in [7, 11) is 1.61. The summed E-state index contributed by atoms with van der Waals surface area (Å²) in [5.74, 6) is 1.46. The van der Waals surface area contributed by atoms with Gasteiger partial charge in [0.05, 0.1) is 0 Å². The van der Waals surface area contributed by atoms with Crippen LogP contribution in [-0.2, 0) is 9.53 Å². The van der Waals surface area contributed by atoms with Crippen LogP contribution in [0.4, 0.5) is 0 Å². The number of carbonyl (C=O) groups is 1. The van der Waals surface area contributed by atoms with E-state index < -0.39 is 6.10 Å². The molecule has 1 aromatic carbocycles. The summed E-state index contributed by atoms with van der Waals surface area (Å²) in [6.45, 7) is 3.87. The largest absolute Gasteiger partial charge is 0.367 e. The summed E-state index contributed by atoms with van der Waals surface area (Å²) in [6, 6.07) is 9.76. The maximum Gasteiger partial charge on any atom is 0.256 e. The number of ether oxygens (including phenoxy) is 1. The van der Waals surface area contributed by atoms with Gasteiger partial charge in [-0.1, -0.05) is 30.3 Å². The van der Waals surface area contributed by atoms with E-state index in [1.54, 1.807) is 7.11 Å². The zero-order valence-electron chi connectivity index (χ0n) is 11.9. The highest BCUT2D eigenvalue weighted by Crippen LogP contribution is 2.29. The van der Waals surface area contributed by atoms with Gasteiger partial charge in [0.15, 0.2) is 6.10 Å². The maximum absolute atomic E-state index is 12.7. The predicted molar refractivity (Wildman–Crippen MR) is 77.2 cm³/mol. The third-order valence-corrected chi connectivity index (χ3v) is 4.58. The molecule has 0 radical (unpaired) electrons. The smallest absolute Gasteiger partial charge is 0.256 e. The highest BCUT2D eigenvalue weighted by molar-refractivity contribution is 5.82. The standard InChI is InChI=1S/C16H22N2O2/c1-20-15(12-5-3-2-4-6-12)16(19)18-8-7-13-9-17-10-14(13)11-18/h2-6,13-15,17H,7-11H2,1H3. The van der Waals surface area contributed by atoms with Crippen LogP contribution >= 0.6 is 0 Å². The van der Waals surface area contributed by atoms with Crippen LogP contribution in [0.5, 0.6) is 0 Å². The minimum atomic E-state index is -0.470. The number of nitrogens with zero attached hydrogens (tertiary/aromatic N) is 1. The molecule has 2 heterocycles. The second kappa shape index (κ2) is 5.94. The molecular weight excluding hydrogens is 252 g/mol. The molecule has 0 spiro atoms. The summed E-state index contributed by atoms with van der Waals surface area (Å²) >= 11 is 0. The molecule has 0 aliphatic carbocycles. The lowest BCUT2D eigenvalue weighted by atomic mass is 9.88. The van der Waals surface area contributed by atoms with Gasteiger partial charge < -0.3 is 15.0 Å². The molecule has 2 fully saturated rings. The van der Waals surface area contributed by atoms with Crippen LogP contribution in [0.1, 0.15) is 18.1 Å². The molecule has 20 heavy (non-hydrogen) atoms. The van der Waals surface area contributed by atoms with Crippen molar-refractivity contribution in [1.29, 1.82) is 0 Å². The summed E-state index contributed by atoms with van der Waals surface area (Å²) in [5, 5.41) is 3.43. The van der Waals surface area contributed by atoms with Gasteiger partial charge in [-0.05, 0) is 36.9 Å². The van der Waals surface area contributed by atoms with Gasteiger partial charge in [0.1, 0.15) is 0 Å². The highest BCUT2D eigenvalue weighted by atomic mass is 16.5. The second-order valence-electron chi connectivity index (χ2n) is 5.78. The van der Waals surface area contributed by atoms with Crippen LogP contribution in [0.2, 0.25) is 0 Å². The Bertz CT molecular complexity index is 463. The zero-order chi connectivity index (χ0) is 13.9. The van der Waals surface area contributed by atoms with E-state index in [2.05, 4.69) is 5.32 Å². The van der Waals surface area contributed by atoms with Gasteiger partial charge in [-0.3, -0.25) is 4.79 Å². The van der Waals surface area contributed by atoms with Crippen LogP contribution in [0.3, 0.4) is 0 Å². The van der Waals surface area contributed by atoms with Crippen molar-refractivity contribution in [2.45, 2.75) is 12.5 Å². The van der Waals surface area contributed by atoms with Gasteiger partial charge in [-0.2, -0.15) is 0 Å². The minimum absolute atomic E-state index is 0.101. The number of hydrogen-bond donors (Lipinski definition) is 1. The average Bonchev–Trinajstić information content (AvgIpc) is 2.96. The van der Waals surface area contributed by atoms with Crippen molar-refractivity contribution in [3.8, 4) is 0 Å². The second-order valence-corrected chi connectivity index (χ2v) is 5.78. The summed E-state index contributed by atoms with van der Waals surface area (Å²) in [4.78, 5) is 14.7. The maximum atomic E-state index is 12.7. The molecule has 4 heteroatoms. The zero-order valence-corrected chi connectivity index (χ0v) is 11.9. The fourth-order valence-electron chi connectivity index (χ4n) is 3.41. The fraction of sp³-hybridized carbons (Fsp3) is 0.562. The van der Waals surface area contributed by atoms with Crippen LogP contribution in [0, 0.1) is 11.8 Å². The number of fused-ring (bicyclic) bond motifs is 1. The number of amides is 1. The third-order valence-electron chi connectivity index (χ3n) is 4.58. The van der Waals surface area contributed by atoms with Crippen molar-refractivity contribution in [2.24, 2.45) is 11.8 Å². The molecule has 3 rings (SSSR count). The van der Waals surface area contributed by atoms with E-state index in [4.69, 9.17) is 4.74 Å². The first kappa shape index (κ1) is 13.6. The van der Waals surface area contributed by atoms with E-state index in [1.807, 2.05) is 35.2 Å². The number of likely N-dealkylation sites (tertiary alicyclic amines) is 1. The third kappa shape index (κ3) is 2.58. The van der Waals surface area contributed by atoms with Crippen molar-refractivity contribution >= 4 is 5.91 Å². The lowest BCUT2D eigenvalue weighted by Crippen LogP contribution is -2.45. The molecule has 108 valence electrons. The van der Waals surface area contributed by atoms with E-state index in [-0.39, 0.29) is 5.91 Å². The first-order valence-corrected chi connectivity index (χ1v) is 7.37. The fourth-order valence-corrected chi connectivity index (χ4v) is 3.41. The molecule has 0 bridgehead atoms. The molecule has 1 N–H and O–H groups in total. The monoisotopic (exact) mass is 274 g/mol. The minimum Gasteiger partial charge on any atom is -0.367 e. The van der Waals surface area contributed by atoms with Gasteiger partial charge in [-0.15, -0.1) is 0 Å². The van der Waals surface area contributed by atoms with Gasteiger partial charge >= 0.3 is 0 Å². The van der Waals surface area contributed by atoms with E-state index >= 15 is 0 Å². The summed E-state index contributed by atoms with van der Waals surface area (Å²) < 4.78 is 5.46. The number of methoxy groups -OCH3 is 1. The van der Waals surface area contributed by atoms with Gasteiger partial charge in [0.25, 0.3) is 5.91 Å². The van der Waals surface area contributed by atoms with E-state index in [1.165, 1.54) is 0 Å². The first-order chi connectivity index (χ1) is 9.79.